The zero-order valence-electron chi connectivity index (χ0n) is 10.1. The highest BCUT2D eigenvalue weighted by molar-refractivity contribution is 5.87. The number of nitrogens with one attached hydrogen (secondary N) is 1. The number of hydrogen-bond acceptors (Lipinski definition) is 3. The highest BCUT2D eigenvalue weighted by Crippen LogP contribution is 2.34. The first kappa shape index (κ1) is 13.0. The molecule has 0 aromatic carbocycles. The highest BCUT2D eigenvalue weighted by Gasteiger charge is 2.39. The topological polar surface area (TPSA) is 75.4 Å². The van der Waals surface area contributed by atoms with E-state index in [4.69, 9.17) is 5.73 Å². The quantitative estimate of drug-likeness (QED) is 0.693. The van der Waals surface area contributed by atoms with E-state index in [2.05, 4.69) is 5.32 Å². The molecule has 1 aliphatic heterocycles. The van der Waals surface area contributed by atoms with Crippen molar-refractivity contribution in [2.75, 3.05) is 26.7 Å². The van der Waals surface area contributed by atoms with Crippen LogP contribution in [-0.2, 0) is 9.59 Å². The minimum Gasteiger partial charge on any atom is -0.368 e. The van der Waals surface area contributed by atoms with Crippen LogP contribution in [0.1, 0.15) is 26.2 Å². The van der Waals surface area contributed by atoms with E-state index in [1.807, 2.05) is 6.92 Å². The number of rotatable bonds is 4. The van der Waals surface area contributed by atoms with Crippen molar-refractivity contribution in [1.29, 1.82) is 0 Å². The lowest BCUT2D eigenvalue weighted by molar-refractivity contribution is -0.144. The van der Waals surface area contributed by atoms with Gasteiger partial charge in [0.25, 0.3) is 0 Å². The number of nitrogens with two attached hydrogens (primary N) is 1. The first-order valence-electron chi connectivity index (χ1n) is 5.76. The molecular formula is C11H21N3O2. The summed E-state index contributed by atoms with van der Waals surface area (Å²) < 4.78 is 0. The second-order valence-electron chi connectivity index (χ2n) is 4.51. The Morgan fingerprint density at radius 2 is 1.94 bits per heavy atom. The maximum absolute atomic E-state index is 12.3. The van der Waals surface area contributed by atoms with Gasteiger partial charge in [-0.25, -0.2) is 0 Å². The smallest absolute Gasteiger partial charge is 0.237 e. The fourth-order valence-corrected chi connectivity index (χ4v) is 2.33. The molecule has 0 aliphatic carbocycles. The Bertz CT molecular complexity index is 272. The van der Waals surface area contributed by atoms with Crippen molar-refractivity contribution in [2.24, 2.45) is 11.1 Å². The van der Waals surface area contributed by atoms with Crippen LogP contribution in [0.15, 0.2) is 0 Å². The van der Waals surface area contributed by atoms with Crippen LogP contribution >= 0.6 is 0 Å². The standard InChI is InChI=1S/C11H21N3O2/c1-3-11(4-6-13-7-5-11)10(16)14(2)8-9(12)15/h13H,3-8H2,1-2H3,(H2,12,15). The number of carbonyl (C=O) groups is 2. The minimum absolute atomic E-state index is 0.00795. The molecule has 1 saturated heterocycles. The lowest BCUT2D eigenvalue weighted by atomic mass is 9.75. The number of piperidine rings is 1. The van der Waals surface area contributed by atoms with Crippen LogP contribution in [0.4, 0.5) is 0 Å². The van der Waals surface area contributed by atoms with Gasteiger partial charge in [0.15, 0.2) is 0 Å². The Balaban J connectivity index is 2.71. The van der Waals surface area contributed by atoms with E-state index in [1.165, 1.54) is 4.90 Å². The van der Waals surface area contributed by atoms with Crippen LogP contribution in [0, 0.1) is 5.41 Å². The molecule has 5 heteroatoms. The summed E-state index contributed by atoms with van der Waals surface area (Å²) in [6.07, 6.45) is 2.49. The van der Waals surface area contributed by atoms with Gasteiger partial charge in [-0.3, -0.25) is 9.59 Å². The van der Waals surface area contributed by atoms with Crippen molar-refractivity contribution in [2.45, 2.75) is 26.2 Å². The first-order valence-corrected chi connectivity index (χ1v) is 5.76. The Hall–Kier alpha value is -1.10. The third kappa shape index (κ3) is 2.72. The molecule has 0 bridgehead atoms. The molecule has 0 atom stereocenters. The summed E-state index contributed by atoms with van der Waals surface area (Å²) in [6.45, 7) is 3.77. The highest BCUT2D eigenvalue weighted by atomic mass is 16.2. The maximum Gasteiger partial charge on any atom is 0.237 e. The van der Waals surface area contributed by atoms with E-state index in [0.717, 1.165) is 32.4 Å². The van der Waals surface area contributed by atoms with E-state index >= 15 is 0 Å². The summed E-state index contributed by atoms with van der Waals surface area (Å²) >= 11 is 0. The Kier molecular flexibility index (Phi) is 4.29. The second kappa shape index (κ2) is 5.30. The summed E-state index contributed by atoms with van der Waals surface area (Å²) in [5.41, 5.74) is 4.80. The maximum atomic E-state index is 12.3. The van der Waals surface area contributed by atoms with Gasteiger partial charge in [0.2, 0.25) is 11.8 Å². The van der Waals surface area contributed by atoms with Crippen molar-refractivity contribution >= 4 is 11.8 Å². The summed E-state index contributed by atoms with van der Waals surface area (Å²) in [6, 6.07) is 0. The normalized spacial score (nSPS) is 19.1. The zero-order chi connectivity index (χ0) is 12.2. The number of carbonyl (C=O) groups excluding carboxylic acids is 2. The predicted octanol–water partition coefficient (Wildman–Crippen LogP) is -0.290. The molecule has 1 fully saturated rings. The molecule has 0 spiro atoms. The lowest BCUT2D eigenvalue weighted by Crippen LogP contribution is -2.49. The molecule has 0 aromatic rings. The fraction of sp³-hybridized carbons (Fsp3) is 0.818. The predicted molar refractivity (Wildman–Crippen MR) is 61.7 cm³/mol. The van der Waals surface area contributed by atoms with E-state index in [9.17, 15) is 9.59 Å². The molecule has 1 rings (SSSR count). The van der Waals surface area contributed by atoms with Crippen molar-refractivity contribution in [3.05, 3.63) is 0 Å². The average molecular weight is 227 g/mol. The van der Waals surface area contributed by atoms with Crippen molar-refractivity contribution in [3.8, 4) is 0 Å². The van der Waals surface area contributed by atoms with Gasteiger partial charge in [-0.1, -0.05) is 6.92 Å². The number of amides is 2. The SMILES string of the molecule is CCC1(C(=O)N(C)CC(N)=O)CCNCC1. The van der Waals surface area contributed by atoms with Crippen LogP contribution in [0.25, 0.3) is 0 Å². The van der Waals surface area contributed by atoms with Gasteiger partial charge >= 0.3 is 0 Å². The number of primary amides is 1. The van der Waals surface area contributed by atoms with Crippen molar-refractivity contribution in [3.63, 3.8) is 0 Å². The molecule has 1 heterocycles. The van der Waals surface area contributed by atoms with Gasteiger partial charge in [0.1, 0.15) is 0 Å². The third-order valence-corrected chi connectivity index (χ3v) is 3.43. The molecule has 0 radical (unpaired) electrons. The van der Waals surface area contributed by atoms with E-state index in [1.54, 1.807) is 7.05 Å². The van der Waals surface area contributed by atoms with Gasteiger partial charge in [0.05, 0.1) is 12.0 Å². The Labute approximate surface area is 96.4 Å². The van der Waals surface area contributed by atoms with Gasteiger partial charge in [-0.15, -0.1) is 0 Å². The fourth-order valence-electron chi connectivity index (χ4n) is 2.33. The van der Waals surface area contributed by atoms with Gasteiger partial charge in [-0.2, -0.15) is 0 Å². The zero-order valence-corrected chi connectivity index (χ0v) is 10.1. The van der Waals surface area contributed by atoms with E-state index in [0.29, 0.717) is 0 Å². The Morgan fingerprint density at radius 1 is 1.38 bits per heavy atom. The molecule has 1 aliphatic rings. The number of likely N-dealkylation sites (N-methyl/N-ethyl adjacent to an activating group) is 1. The first-order chi connectivity index (χ1) is 7.52. The molecule has 2 amide bonds. The van der Waals surface area contributed by atoms with Crippen LogP contribution in [0.3, 0.4) is 0 Å². The second-order valence-corrected chi connectivity index (χ2v) is 4.51. The largest absolute Gasteiger partial charge is 0.368 e. The van der Waals surface area contributed by atoms with Gasteiger partial charge in [0, 0.05) is 7.05 Å². The van der Waals surface area contributed by atoms with E-state index < -0.39 is 5.91 Å². The van der Waals surface area contributed by atoms with Gasteiger partial charge in [-0.05, 0) is 32.4 Å². The molecule has 0 unspecified atom stereocenters. The monoisotopic (exact) mass is 227 g/mol. The van der Waals surface area contributed by atoms with Crippen LogP contribution < -0.4 is 11.1 Å². The lowest BCUT2D eigenvalue weighted by Gasteiger charge is -2.38. The Morgan fingerprint density at radius 3 is 2.38 bits per heavy atom. The van der Waals surface area contributed by atoms with Crippen LogP contribution in [0.5, 0.6) is 0 Å². The molecule has 92 valence electrons. The minimum atomic E-state index is -0.462. The number of nitrogens with zero attached hydrogens (tertiary/aromatic N) is 1. The van der Waals surface area contributed by atoms with E-state index in [-0.39, 0.29) is 17.9 Å². The third-order valence-electron chi connectivity index (χ3n) is 3.43. The molecule has 5 nitrogen and oxygen atoms in total. The summed E-state index contributed by atoms with van der Waals surface area (Å²) in [7, 11) is 1.65. The average Bonchev–Trinajstić information content (AvgIpc) is 2.28. The number of hydrogen-bond donors (Lipinski definition) is 2. The molecule has 0 aromatic heterocycles. The van der Waals surface area contributed by atoms with Crippen LogP contribution in [-0.4, -0.2) is 43.4 Å². The molecule has 3 N–H and O–H groups in total. The van der Waals surface area contributed by atoms with Gasteiger partial charge < -0.3 is 16.0 Å². The van der Waals surface area contributed by atoms with Crippen LogP contribution in [0.2, 0.25) is 0 Å². The van der Waals surface area contributed by atoms with Crippen molar-refractivity contribution < 1.29 is 9.59 Å². The molecular weight excluding hydrogens is 206 g/mol. The summed E-state index contributed by atoms with van der Waals surface area (Å²) in [4.78, 5) is 24.5. The molecule has 0 saturated carbocycles. The summed E-state index contributed by atoms with van der Waals surface area (Å²) in [5, 5.41) is 3.25. The van der Waals surface area contributed by atoms with Crippen molar-refractivity contribution in [1.82, 2.24) is 10.2 Å². The summed E-state index contributed by atoms with van der Waals surface area (Å²) in [5.74, 6) is -0.411. The molecule has 16 heavy (non-hydrogen) atoms.